The average molecular weight is 323 g/mol. The summed E-state index contributed by atoms with van der Waals surface area (Å²) in [4.78, 5) is 2.43. The fourth-order valence-electron chi connectivity index (χ4n) is 3.30. The van der Waals surface area contributed by atoms with Gasteiger partial charge in [-0.05, 0) is 31.7 Å². The van der Waals surface area contributed by atoms with Crippen LogP contribution in [0.3, 0.4) is 0 Å². The molecular formula is C18H29NO4. The molecule has 1 aliphatic heterocycles. The maximum absolute atomic E-state index is 10.7. The molecule has 0 spiro atoms. The quantitative estimate of drug-likeness (QED) is 0.836. The van der Waals surface area contributed by atoms with Crippen molar-refractivity contribution >= 4 is 0 Å². The highest BCUT2D eigenvalue weighted by Crippen LogP contribution is 2.39. The van der Waals surface area contributed by atoms with Crippen molar-refractivity contribution in [3.63, 3.8) is 0 Å². The molecular weight excluding hydrogens is 294 g/mol. The molecule has 0 aliphatic carbocycles. The Morgan fingerprint density at radius 3 is 2.35 bits per heavy atom. The van der Waals surface area contributed by atoms with E-state index in [0.717, 1.165) is 25.6 Å². The molecule has 0 amide bonds. The summed E-state index contributed by atoms with van der Waals surface area (Å²) in [5.74, 6) is 2.59. The third-order valence-corrected chi connectivity index (χ3v) is 4.55. The first-order chi connectivity index (χ1) is 11.1. The molecule has 1 fully saturated rings. The Morgan fingerprint density at radius 1 is 1.17 bits per heavy atom. The van der Waals surface area contributed by atoms with Crippen molar-refractivity contribution in [3.05, 3.63) is 17.7 Å². The summed E-state index contributed by atoms with van der Waals surface area (Å²) < 4.78 is 16.1. The highest BCUT2D eigenvalue weighted by Gasteiger charge is 2.23. The molecule has 2 rings (SSSR count). The van der Waals surface area contributed by atoms with E-state index in [9.17, 15) is 5.11 Å². The van der Waals surface area contributed by atoms with Gasteiger partial charge in [-0.3, -0.25) is 0 Å². The van der Waals surface area contributed by atoms with Gasteiger partial charge in [0.05, 0.1) is 33.0 Å². The maximum atomic E-state index is 10.7. The summed E-state index contributed by atoms with van der Waals surface area (Å²) in [7, 11) is 4.79. The van der Waals surface area contributed by atoms with Crippen LogP contribution in [0.25, 0.3) is 0 Å². The number of piperidine rings is 1. The molecule has 1 heterocycles. The first kappa shape index (κ1) is 17.9. The SMILES string of the molecule is COc1cc(OC)c(C(O)CCN2CCCC(C)C2)c(OC)c1. The van der Waals surface area contributed by atoms with Gasteiger partial charge < -0.3 is 24.2 Å². The lowest BCUT2D eigenvalue weighted by Crippen LogP contribution is -2.35. The summed E-state index contributed by atoms with van der Waals surface area (Å²) in [5, 5.41) is 10.7. The second-order valence-electron chi connectivity index (χ2n) is 6.30. The van der Waals surface area contributed by atoms with Gasteiger partial charge in [-0.25, -0.2) is 0 Å². The minimum absolute atomic E-state index is 0.598. The molecule has 1 aromatic rings. The molecule has 1 N–H and O–H groups in total. The monoisotopic (exact) mass is 323 g/mol. The van der Waals surface area contributed by atoms with Crippen molar-refractivity contribution in [2.24, 2.45) is 5.92 Å². The average Bonchev–Trinajstić information content (AvgIpc) is 2.58. The molecule has 0 saturated carbocycles. The predicted octanol–water partition coefficient (Wildman–Crippen LogP) is 2.87. The van der Waals surface area contributed by atoms with Crippen LogP contribution in [0.4, 0.5) is 0 Å². The molecule has 2 atom stereocenters. The summed E-state index contributed by atoms with van der Waals surface area (Å²) in [6, 6.07) is 3.56. The van der Waals surface area contributed by atoms with E-state index in [-0.39, 0.29) is 0 Å². The van der Waals surface area contributed by atoms with E-state index in [0.29, 0.717) is 29.2 Å². The zero-order valence-corrected chi connectivity index (χ0v) is 14.7. The van der Waals surface area contributed by atoms with Gasteiger partial charge in [-0.1, -0.05) is 6.92 Å². The summed E-state index contributed by atoms with van der Waals surface area (Å²) in [6.07, 6.45) is 2.58. The van der Waals surface area contributed by atoms with E-state index in [1.165, 1.54) is 12.8 Å². The van der Waals surface area contributed by atoms with Gasteiger partial charge in [0.15, 0.2) is 0 Å². The second kappa shape index (κ2) is 8.41. The van der Waals surface area contributed by atoms with Crippen LogP contribution in [-0.4, -0.2) is 51.0 Å². The Labute approximate surface area is 139 Å². The second-order valence-corrected chi connectivity index (χ2v) is 6.30. The number of rotatable bonds is 7. The lowest BCUT2D eigenvalue weighted by Gasteiger charge is -2.31. The number of hydrogen-bond acceptors (Lipinski definition) is 5. The molecule has 130 valence electrons. The van der Waals surface area contributed by atoms with Gasteiger partial charge in [0.1, 0.15) is 17.2 Å². The molecule has 23 heavy (non-hydrogen) atoms. The van der Waals surface area contributed by atoms with Gasteiger partial charge in [-0.2, -0.15) is 0 Å². The molecule has 0 bridgehead atoms. The standard InChI is InChI=1S/C18H29NO4/c1-13-6-5-8-19(12-13)9-7-15(20)18-16(22-3)10-14(21-2)11-17(18)23-4/h10-11,13,15,20H,5-9,12H2,1-4H3. The number of aliphatic hydroxyl groups excluding tert-OH is 1. The third-order valence-electron chi connectivity index (χ3n) is 4.55. The van der Waals surface area contributed by atoms with E-state index in [1.54, 1.807) is 33.5 Å². The number of benzene rings is 1. The zero-order valence-electron chi connectivity index (χ0n) is 14.7. The number of likely N-dealkylation sites (tertiary alicyclic amines) is 1. The Bertz CT molecular complexity index is 481. The first-order valence-electron chi connectivity index (χ1n) is 8.29. The van der Waals surface area contributed by atoms with Crippen LogP contribution in [0.1, 0.15) is 37.9 Å². The first-order valence-corrected chi connectivity index (χ1v) is 8.29. The van der Waals surface area contributed by atoms with Crippen molar-refractivity contribution < 1.29 is 19.3 Å². The van der Waals surface area contributed by atoms with E-state index in [4.69, 9.17) is 14.2 Å². The van der Waals surface area contributed by atoms with Gasteiger partial charge >= 0.3 is 0 Å². The van der Waals surface area contributed by atoms with Crippen LogP contribution in [0.15, 0.2) is 12.1 Å². The lowest BCUT2D eigenvalue weighted by atomic mass is 9.99. The molecule has 1 saturated heterocycles. The van der Waals surface area contributed by atoms with Crippen LogP contribution in [-0.2, 0) is 0 Å². The van der Waals surface area contributed by atoms with E-state index >= 15 is 0 Å². The lowest BCUT2D eigenvalue weighted by molar-refractivity contribution is 0.117. The Hall–Kier alpha value is -1.46. The number of nitrogens with zero attached hydrogens (tertiary/aromatic N) is 1. The molecule has 5 nitrogen and oxygen atoms in total. The van der Waals surface area contributed by atoms with Gasteiger partial charge in [0.25, 0.3) is 0 Å². The van der Waals surface area contributed by atoms with Gasteiger partial charge in [0.2, 0.25) is 0 Å². The van der Waals surface area contributed by atoms with Crippen molar-refractivity contribution in [1.82, 2.24) is 4.90 Å². The largest absolute Gasteiger partial charge is 0.496 e. The van der Waals surface area contributed by atoms with Crippen LogP contribution >= 0.6 is 0 Å². The number of hydrogen-bond donors (Lipinski definition) is 1. The Balaban J connectivity index is 2.09. The van der Waals surface area contributed by atoms with Crippen LogP contribution in [0.5, 0.6) is 17.2 Å². The maximum Gasteiger partial charge on any atom is 0.132 e. The molecule has 1 aliphatic rings. The minimum atomic E-state index is -0.622. The molecule has 1 aromatic carbocycles. The fraction of sp³-hybridized carbons (Fsp3) is 0.667. The molecule has 0 radical (unpaired) electrons. The number of ether oxygens (including phenoxy) is 3. The molecule has 0 aromatic heterocycles. The number of aliphatic hydroxyl groups is 1. The normalized spacial score (nSPS) is 20.1. The highest BCUT2D eigenvalue weighted by molar-refractivity contribution is 5.51. The molecule has 5 heteroatoms. The van der Waals surface area contributed by atoms with Crippen LogP contribution < -0.4 is 14.2 Å². The topological polar surface area (TPSA) is 51.2 Å². The van der Waals surface area contributed by atoms with Crippen molar-refractivity contribution in [1.29, 1.82) is 0 Å². The van der Waals surface area contributed by atoms with Gasteiger partial charge in [0, 0.05) is 25.2 Å². The summed E-state index contributed by atoms with van der Waals surface area (Å²) in [5.41, 5.74) is 0.695. The van der Waals surface area contributed by atoms with Crippen molar-refractivity contribution in [2.45, 2.75) is 32.3 Å². The Kier molecular flexibility index (Phi) is 6.54. The Morgan fingerprint density at radius 2 is 1.83 bits per heavy atom. The number of methoxy groups -OCH3 is 3. The summed E-state index contributed by atoms with van der Waals surface area (Å²) >= 11 is 0. The van der Waals surface area contributed by atoms with Crippen molar-refractivity contribution in [2.75, 3.05) is 41.0 Å². The van der Waals surface area contributed by atoms with E-state index < -0.39 is 6.10 Å². The van der Waals surface area contributed by atoms with E-state index in [2.05, 4.69) is 11.8 Å². The molecule has 2 unspecified atom stereocenters. The highest BCUT2D eigenvalue weighted by atomic mass is 16.5. The zero-order chi connectivity index (χ0) is 16.8. The van der Waals surface area contributed by atoms with Crippen LogP contribution in [0, 0.1) is 5.92 Å². The minimum Gasteiger partial charge on any atom is -0.496 e. The van der Waals surface area contributed by atoms with Crippen LogP contribution in [0.2, 0.25) is 0 Å². The third kappa shape index (κ3) is 4.52. The fourth-order valence-corrected chi connectivity index (χ4v) is 3.30. The smallest absolute Gasteiger partial charge is 0.132 e. The van der Waals surface area contributed by atoms with E-state index in [1.807, 2.05) is 0 Å². The predicted molar refractivity (Wildman–Crippen MR) is 90.5 cm³/mol. The van der Waals surface area contributed by atoms with Crippen molar-refractivity contribution in [3.8, 4) is 17.2 Å². The van der Waals surface area contributed by atoms with Gasteiger partial charge in [-0.15, -0.1) is 0 Å². The summed E-state index contributed by atoms with van der Waals surface area (Å²) in [6.45, 7) is 5.40.